The topological polar surface area (TPSA) is 112 Å². The number of aryl methyl sites for hydroxylation is 3. The maximum absolute atomic E-state index is 13.6. The van der Waals surface area contributed by atoms with Gasteiger partial charge in [0.05, 0.1) is 29.9 Å². The van der Waals surface area contributed by atoms with Gasteiger partial charge in [-0.15, -0.1) is 0 Å². The molecule has 9 nitrogen and oxygen atoms in total. The predicted octanol–water partition coefficient (Wildman–Crippen LogP) is 2.61. The van der Waals surface area contributed by atoms with Crippen molar-refractivity contribution in [1.82, 2.24) is 25.1 Å². The summed E-state index contributed by atoms with van der Waals surface area (Å²) in [6.07, 6.45) is 5.34. The number of nitriles is 1. The molecular weight excluding hydrogens is 411 g/mol. The van der Waals surface area contributed by atoms with Crippen LogP contribution in [-0.4, -0.2) is 44.3 Å². The number of anilines is 3. The first-order valence-electron chi connectivity index (χ1n) is 10.1. The molecule has 4 rings (SSSR count). The van der Waals surface area contributed by atoms with E-state index in [1.54, 1.807) is 30.1 Å². The van der Waals surface area contributed by atoms with Crippen molar-refractivity contribution in [2.75, 3.05) is 23.3 Å². The lowest BCUT2D eigenvalue weighted by atomic mass is 9.85. The van der Waals surface area contributed by atoms with E-state index in [4.69, 9.17) is 0 Å². The maximum Gasteiger partial charge on any atom is 0.252 e. The van der Waals surface area contributed by atoms with E-state index in [0.717, 1.165) is 17.1 Å². The van der Waals surface area contributed by atoms with Crippen LogP contribution in [0.25, 0.3) is 0 Å². The fourth-order valence-corrected chi connectivity index (χ4v) is 3.80. The van der Waals surface area contributed by atoms with Crippen LogP contribution in [0.2, 0.25) is 0 Å². The van der Waals surface area contributed by atoms with E-state index in [9.17, 15) is 14.4 Å². The third-order valence-electron chi connectivity index (χ3n) is 5.43. The second-order valence-corrected chi connectivity index (χ2v) is 8.11. The minimum Gasteiger partial charge on any atom is -0.351 e. The van der Waals surface area contributed by atoms with Gasteiger partial charge in [0.25, 0.3) is 5.91 Å². The highest BCUT2D eigenvalue weighted by molar-refractivity contribution is 5.96. The first-order chi connectivity index (χ1) is 15.3. The van der Waals surface area contributed by atoms with Gasteiger partial charge < -0.3 is 15.5 Å². The average Bonchev–Trinajstić information content (AvgIpc) is 3.13. The van der Waals surface area contributed by atoms with Crippen LogP contribution in [-0.2, 0) is 7.05 Å². The summed E-state index contributed by atoms with van der Waals surface area (Å²) in [5, 5.41) is 19.5. The van der Waals surface area contributed by atoms with Gasteiger partial charge in [-0.1, -0.05) is 6.07 Å². The minimum atomic E-state index is -0.737. The van der Waals surface area contributed by atoms with Gasteiger partial charge in [0.2, 0.25) is 5.95 Å². The van der Waals surface area contributed by atoms with Crippen molar-refractivity contribution in [3.63, 3.8) is 0 Å². The average molecular weight is 434 g/mol. The summed E-state index contributed by atoms with van der Waals surface area (Å²) in [5.41, 5.74) is 1.84. The summed E-state index contributed by atoms with van der Waals surface area (Å²) in [6.45, 7) is 4.47. The molecule has 0 spiro atoms. The van der Waals surface area contributed by atoms with Gasteiger partial charge >= 0.3 is 0 Å². The van der Waals surface area contributed by atoms with Crippen LogP contribution < -0.4 is 15.5 Å². The highest BCUT2D eigenvalue weighted by Crippen LogP contribution is 2.32. The molecular formula is C22H23FN8O. The van der Waals surface area contributed by atoms with E-state index in [2.05, 4.69) is 31.8 Å². The zero-order valence-corrected chi connectivity index (χ0v) is 18.1. The first kappa shape index (κ1) is 21.2. The van der Waals surface area contributed by atoms with Crippen LogP contribution in [0.5, 0.6) is 0 Å². The Morgan fingerprint density at radius 3 is 2.75 bits per heavy atom. The van der Waals surface area contributed by atoms with Crippen LogP contribution in [0.3, 0.4) is 0 Å². The fourth-order valence-electron chi connectivity index (χ4n) is 3.80. The zero-order chi connectivity index (χ0) is 22.9. The van der Waals surface area contributed by atoms with E-state index in [1.807, 2.05) is 25.1 Å². The number of halogens is 1. The largest absolute Gasteiger partial charge is 0.351 e. The lowest BCUT2D eigenvalue weighted by Gasteiger charge is -2.50. The van der Waals surface area contributed by atoms with E-state index >= 15 is 0 Å². The number of nitrogens with zero attached hydrogens (tertiary/aromatic N) is 6. The molecule has 2 aromatic heterocycles. The first-order valence-corrected chi connectivity index (χ1v) is 10.1. The monoisotopic (exact) mass is 434 g/mol. The Morgan fingerprint density at radius 1 is 1.28 bits per heavy atom. The Bertz CT molecular complexity index is 1210. The summed E-state index contributed by atoms with van der Waals surface area (Å²) >= 11 is 0. The van der Waals surface area contributed by atoms with Gasteiger partial charge in [0.1, 0.15) is 11.6 Å². The van der Waals surface area contributed by atoms with Crippen LogP contribution in [0.1, 0.15) is 27.9 Å². The van der Waals surface area contributed by atoms with E-state index in [0.29, 0.717) is 24.6 Å². The van der Waals surface area contributed by atoms with Crippen molar-refractivity contribution in [3.05, 3.63) is 59.3 Å². The quantitative estimate of drug-likeness (QED) is 0.613. The van der Waals surface area contributed by atoms with Crippen LogP contribution >= 0.6 is 0 Å². The van der Waals surface area contributed by atoms with Gasteiger partial charge in [-0.25, -0.2) is 9.37 Å². The van der Waals surface area contributed by atoms with Gasteiger partial charge in [-0.05, 0) is 31.5 Å². The smallest absolute Gasteiger partial charge is 0.252 e. The molecule has 10 heteroatoms. The second kappa shape index (κ2) is 8.26. The number of carbonyl (C=O) groups is 1. The molecule has 0 radical (unpaired) electrons. The summed E-state index contributed by atoms with van der Waals surface area (Å²) in [5.74, 6) is 0.276. The van der Waals surface area contributed by atoms with Crippen molar-refractivity contribution < 1.29 is 9.18 Å². The zero-order valence-electron chi connectivity index (χ0n) is 18.1. The van der Waals surface area contributed by atoms with Crippen molar-refractivity contribution in [1.29, 1.82) is 5.26 Å². The standard InChI is InChI=1S/C22H23FN8O/c1-14-4-5-16(23)8-18(14)20(32)29-22(6-7-24)12-31(13-22)19-15(2)9-25-21(28-19)27-17-10-26-30(3)11-17/h4-5,8-11H,6,12-13H2,1-3H3,(H,29,32)(H,25,27,28). The van der Waals surface area contributed by atoms with Crippen LogP contribution in [0.4, 0.5) is 21.8 Å². The summed E-state index contributed by atoms with van der Waals surface area (Å²) in [6, 6.07) is 6.25. The second-order valence-electron chi connectivity index (χ2n) is 8.11. The Morgan fingerprint density at radius 2 is 2.06 bits per heavy atom. The molecule has 0 aliphatic carbocycles. The lowest BCUT2D eigenvalue weighted by molar-refractivity contribution is 0.0878. The molecule has 1 aliphatic rings. The Hall–Kier alpha value is -4.00. The molecule has 1 saturated heterocycles. The molecule has 3 aromatic rings. The van der Waals surface area contributed by atoms with Gasteiger partial charge in [0.15, 0.2) is 0 Å². The fraction of sp³-hybridized carbons (Fsp3) is 0.318. The molecule has 2 N–H and O–H groups in total. The van der Waals surface area contributed by atoms with Gasteiger partial charge in [-0.2, -0.15) is 15.3 Å². The van der Waals surface area contributed by atoms with Crippen LogP contribution in [0, 0.1) is 31.0 Å². The maximum atomic E-state index is 13.6. The molecule has 164 valence electrons. The molecule has 1 amide bonds. The van der Waals surface area contributed by atoms with Crippen LogP contribution in [0.15, 0.2) is 36.8 Å². The number of amides is 1. The molecule has 1 aromatic carbocycles. The van der Waals surface area contributed by atoms with Crippen molar-refractivity contribution >= 4 is 23.4 Å². The van der Waals surface area contributed by atoms with Gasteiger partial charge in [-0.3, -0.25) is 9.48 Å². The number of aromatic nitrogens is 4. The third kappa shape index (κ3) is 4.23. The summed E-state index contributed by atoms with van der Waals surface area (Å²) < 4.78 is 15.3. The Kier molecular flexibility index (Phi) is 5.48. The lowest BCUT2D eigenvalue weighted by Crippen LogP contribution is -2.70. The molecule has 1 aliphatic heterocycles. The molecule has 1 fully saturated rings. The van der Waals surface area contributed by atoms with E-state index in [1.165, 1.54) is 12.1 Å². The minimum absolute atomic E-state index is 0.133. The number of hydrogen-bond donors (Lipinski definition) is 2. The SMILES string of the molecule is Cc1ccc(F)cc1C(=O)NC1(CC#N)CN(c2nc(Nc3cnn(C)c3)ncc2C)C1. The predicted molar refractivity (Wildman–Crippen MR) is 117 cm³/mol. The Labute approximate surface area is 184 Å². The molecule has 0 saturated carbocycles. The number of benzene rings is 1. The van der Waals surface area contributed by atoms with Gasteiger partial charge in [0, 0.05) is 43.7 Å². The molecule has 3 heterocycles. The summed E-state index contributed by atoms with van der Waals surface area (Å²) in [4.78, 5) is 23.7. The number of carbonyl (C=O) groups excluding carboxylic acids is 1. The third-order valence-corrected chi connectivity index (χ3v) is 5.43. The molecule has 0 unspecified atom stereocenters. The van der Waals surface area contributed by atoms with E-state index in [-0.39, 0.29) is 12.0 Å². The van der Waals surface area contributed by atoms with E-state index < -0.39 is 17.3 Å². The number of hydrogen-bond acceptors (Lipinski definition) is 7. The highest BCUT2D eigenvalue weighted by Gasteiger charge is 2.45. The molecule has 0 bridgehead atoms. The Balaban J connectivity index is 1.50. The highest BCUT2D eigenvalue weighted by atomic mass is 19.1. The van der Waals surface area contributed by atoms with Crippen molar-refractivity contribution in [3.8, 4) is 6.07 Å². The molecule has 32 heavy (non-hydrogen) atoms. The normalized spacial score (nSPS) is 14.4. The number of rotatable bonds is 6. The molecule has 0 atom stereocenters. The van der Waals surface area contributed by atoms with Crippen molar-refractivity contribution in [2.24, 2.45) is 7.05 Å². The summed E-state index contributed by atoms with van der Waals surface area (Å²) in [7, 11) is 1.82. The number of nitrogens with one attached hydrogen (secondary N) is 2. The van der Waals surface area contributed by atoms with Crippen molar-refractivity contribution in [2.45, 2.75) is 25.8 Å².